The third-order valence-corrected chi connectivity index (χ3v) is 5.00. The van der Waals surface area contributed by atoms with Gasteiger partial charge in [0.05, 0.1) is 24.2 Å². The Morgan fingerprint density at radius 2 is 1.93 bits per heavy atom. The number of ether oxygens (including phenoxy) is 1. The molecule has 0 fully saturated rings. The van der Waals surface area contributed by atoms with Crippen LogP contribution < -0.4 is 5.73 Å². The van der Waals surface area contributed by atoms with Gasteiger partial charge >= 0.3 is 0 Å². The molecule has 7 nitrogen and oxygen atoms in total. The first kappa shape index (κ1) is 23.4. The van der Waals surface area contributed by atoms with E-state index in [0.29, 0.717) is 31.2 Å². The fourth-order valence-electron chi connectivity index (χ4n) is 3.37. The lowest BCUT2D eigenvalue weighted by molar-refractivity contribution is 0.0120. The summed E-state index contributed by atoms with van der Waals surface area (Å²) >= 11 is 0. The second kappa shape index (κ2) is 8.86. The molecule has 0 aliphatic carbocycles. The van der Waals surface area contributed by atoms with Crippen LogP contribution in [0.4, 0.5) is 8.78 Å². The molecule has 1 aromatic carbocycles. The highest BCUT2D eigenvalue weighted by Gasteiger charge is 2.32. The van der Waals surface area contributed by atoms with Crippen molar-refractivity contribution in [1.82, 2.24) is 9.55 Å². The molecular formula is C19H27F2N3O4S. The zero-order valence-electron chi connectivity index (χ0n) is 16.9. The first-order valence-corrected chi connectivity index (χ1v) is 10.9. The van der Waals surface area contributed by atoms with Crippen LogP contribution in [-0.4, -0.2) is 35.9 Å². The standard InChI is InChI=1S/C18H23F2N3O.CH4O3S/c1-18(2,24-3)15-9-22-17-14(21)8-7-11(10-23(15)17)12-5-4-6-13(19)16(12)20;1-5(2,3)4/h4-6,9,11,14H,7-8,10,21H2,1-3H3;1H3,(H,2,3,4)/t11-,14-;/m1./s1. The van der Waals surface area contributed by atoms with E-state index in [4.69, 9.17) is 15.0 Å². The van der Waals surface area contributed by atoms with Crippen LogP contribution in [0.5, 0.6) is 0 Å². The second-order valence-corrected chi connectivity index (χ2v) is 9.05. The number of benzene rings is 1. The largest absolute Gasteiger partial charge is 0.373 e. The van der Waals surface area contributed by atoms with Gasteiger partial charge in [-0.25, -0.2) is 13.8 Å². The summed E-state index contributed by atoms with van der Waals surface area (Å²) in [5, 5.41) is 0. The fourth-order valence-corrected chi connectivity index (χ4v) is 3.37. The van der Waals surface area contributed by atoms with Gasteiger partial charge in [-0.3, -0.25) is 4.55 Å². The van der Waals surface area contributed by atoms with Crippen molar-refractivity contribution < 1.29 is 26.5 Å². The number of methoxy groups -OCH3 is 1. The molecule has 0 radical (unpaired) electrons. The molecule has 2 aromatic rings. The lowest BCUT2D eigenvalue weighted by atomic mass is 9.92. The number of halogens is 2. The number of imidazole rings is 1. The van der Waals surface area contributed by atoms with E-state index in [1.54, 1.807) is 25.4 Å². The Morgan fingerprint density at radius 1 is 1.31 bits per heavy atom. The third kappa shape index (κ3) is 5.81. The summed E-state index contributed by atoms with van der Waals surface area (Å²) in [7, 11) is -2.03. The minimum absolute atomic E-state index is 0.159. The number of fused-ring (bicyclic) bond motifs is 1. The maximum absolute atomic E-state index is 14.3. The Kier molecular flexibility index (Phi) is 7.15. The van der Waals surface area contributed by atoms with Crippen LogP contribution in [0.3, 0.4) is 0 Å². The van der Waals surface area contributed by atoms with Gasteiger partial charge in [0, 0.05) is 19.6 Å². The summed E-state index contributed by atoms with van der Waals surface area (Å²) < 4.78 is 61.3. The van der Waals surface area contributed by atoms with Gasteiger partial charge in [0.25, 0.3) is 10.1 Å². The molecule has 0 bridgehead atoms. The molecule has 1 aliphatic heterocycles. The van der Waals surface area contributed by atoms with Crippen molar-refractivity contribution >= 4 is 10.1 Å². The lowest BCUT2D eigenvalue weighted by Gasteiger charge is -2.26. The van der Waals surface area contributed by atoms with Crippen molar-refractivity contribution in [2.24, 2.45) is 5.73 Å². The molecule has 0 spiro atoms. The van der Waals surface area contributed by atoms with Crippen molar-refractivity contribution in [3.8, 4) is 0 Å². The average molecular weight is 432 g/mol. The summed E-state index contributed by atoms with van der Waals surface area (Å²) in [4.78, 5) is 4.47. The summed E-state index contributed by atoms with van der Waals surface area (Å²) in [6, 6.07) is 4.11. The van der Waals surface area contributed by atoms with Gasteiger partial charge in [0.1, 0.15) is 11.4 Å². The molecular weight excluding hydrogens is 404 g/mol. The molecule has 1 aliphatic rings. The number of hydrogen-bond acceptors (Lipinski definition) is 5. The first-order chi connectivity index (χ1) is 13.3. The average Bonchev–Trinajstić information content (AvgIpc) is 2.97. The van der Waals surface area contributed by atoms with E-state index in [1.165, 1.54) is 0 Å². The fraction of sp³-hybridized carbons (Fsp3) is 0.526. The van der Waals surface area contributed by atoms with Crippen molar-refractivity contribution in [3.63, 3.8) is 0 Å². The van der Waals surface area contributed by atoms with Gasteiger partial charge in [0.2, 0.25) is 0 Å². The predicted octanol–water partition coefficient (Wildman–Crippen LogP) is 3.12. The lowest BCUT2D eigenvalue weighted by Crippen LogP contribution is -2.26. The molecule has 0 saturated carbocycles. The van der Waals surface area contributed by atoms with Gasteiger partial charge < -0.3 is 15.0 Å². The van der Waals surface area contributed by atoms with E-state index in [0.717, 1.165) is 17.6 Å². The zero-order chi connectivity index (χ0) is 22.0. The molecule has 1 aromatic heterocycles. The number of nitrogens with zero attached hydrogens (tertiary/aromatic N) is 2. The third-order valence-electron chi connectivity index (χ3n) is 5.00. The molecule has 2 heterocycles. The van der Waals surface area contributed by atoms with Crippen LogP contribution in [0.25, 0.3) is 0 Å². The van der Waals surface area contributed by atoms with E-state index in [2.05, 4.69) is 4.98 Å². The molecule has 29 heavy (non-hydrogen) atoms. The smallest absolute Gasteiger partial charge is 0.261 e. The molecule has 0 amide bonds. The SMILES string of the molecule is COC(C)(C)c1cnc2n1C[C@H](c1cccc(F)c1F)CC[C@H]2N.CS(=O)(=O)O. The first-order valence-electron chi connectivity index (χ1n) is 9.08. The normalized spacial score (nSPS) is 19.7. The van der Waals surface area contributed by atoms with Crippen molar-refractivity contribution in [2.75, 3.05) is 13.4 Å². The van der Waals surface area contributed by atoms with Gasteiger partial charge in [-0.15, -0.1) is 0 Å². The van der Waals surface area contributed by atoms with Crippen LogP contribution in [-0.2, 0) is 27.0 Å². The quantitative estimate of drug-likeness (QED) is 0.723. The Hall–Kier alpha value is -1.88. The van der Waals surface area contributed by atoms with E-state index in [-0.39, 0.29) is 12.0 Å². The van der Waals surface area contributed by atoms with E-state index in [9.17, 15) is 17.2 Å². The highest BCUT2D eigenvalue weighted by atomic mass is 32.2. The summed E-state index contributed by atoms with van der Waals surface area (Å²) in [5.74, 6) is -0.973. The van der Waals surface area contributed by atoms with E-state index >= 15 is 0 Å². The topological polar surface area (TPSA) is 107 Å². The molecule has 2 atom stereocenters. The zero-order valence-corrected chi connectivity index (χ0v) is 17.7. The van der Waals surface area contributed by atoms with Gasteiger partial charge in [-0.1, -0.05) is 12.1 Å². The molecule has 162 valence electrons. The van der Waals surface area contributed by atoms with Crippen LogP contribution in [0.15, 0.2) is 24.4 Å². The van der Waals surface area contributed by atoms with Crippen LogP contribution in [0, 0.1) is 11.6 Å². The maximum Gasteiger partial charge on any atom is 0.261 e. The van der Waals surface area contributed by atoms with E-state index in [1.807, 2.05) is 18.4 Å². The molecule has 0 unspecified atom stereocenters. The Morgan fingerprint density at radius 3 is 2.52 bits per heavy atom. The van der Waals surface area contributed by atoms with Gasteiger partial charge in [0.15, 0.2) is 11.6 Å². The second-order valence-electron chi connectivity index (χ2n) is 7.58. The van der Waals surface area contributed by atoms with Crippen LogP contribution in [0.2, 0.25) is 0 Å². The number of rotatable bonds is 3. The molecule has 10 heteroatoms. The molecule has 3 rings (SSSR count). The number of nitrogens with two attached hydrogens (primary N) is 1. The van der Waals surface area contributed by atoms with Crippen LogP contribution >= 0.6 is 0 Å². The Bertz CT molecular complexity index is 952. The van der Waals surface area contributed by atoms with Crippen molar-refractivity contribution in [2.45, 2.75) is 50.8 Å². The van der Waals surface area contributed by atoms with Crippen molar-refractivity contribution in [3.05, 3.63) is 53.1 Å². The Balaban J connectivity index is 0.000000537. The minimum Gasteiger partial charge on any atom is -0.373 e. The number of hydrogen-bond donors (Lipinski definition) is 2. The minimum atomic E-state index is -3.67. The highest BCUT2D eigenvalue weighted by molar-refractivity contribution is 7.85. The summed E-state index contributed by atoms with van der Waals surface area (Å²) in [6.07, 6.45) is 3.83. The maximum atomic E-state index is 14.3. The Labute approximate surface area is 169 Å². The van der Waals surface area contributed by atoms with Crippen molar-refractivity contribution in [1.29, 1.82) is 0 Å². The monoisotopic (exact) mass is 431 g/mol. The van der Waals surface area contributed by atoms with Gasteiger partial charge in [-0.2, -0.15) is 8.42 Å². The predicted molar refractivity (Wildman–Crippen MR) is 105 cm³/mol. The summed E-state index contributed by atoms with van der Waals surface area (Å²) in [5.41, 5.74) is 7.00. The summed E-state index contributed by atoms with van der Waals surface area (Å²) in [6.45, 7) is 4.41. The number of aromatic nitrogens is 2. The molecule has 3 N–H and O–H groups in total. The highest BCUT2D eigenvalue weighted by Crippen LogP contribution is 2.36. The van der Waals surface area contributed by atoms with Gasteiger partial charge in [-0.05, 0) is 38.3 Å². The van der Waals surface area contributed by atoms with E-state index < -0.39 is 27.4 Å². The van der Waals surface area contributed by atoms with Crippen LogP contribution in [0.1, 0.15) is 55.7 Å². The molecule has 0 saturated heterocycles.